The van der Waals surface area contributed by atoms with Crippen molar-refractivity contribution in [2.75, 3.05) is 0 Å². The van der Waals surface area contributed by atoms with E-state index >= 15 is 0 Å². The molecular weight excluding hydrogens is 414 g/mol. The van der Waals surface area contributed by atoms with Crippen LogP contribution in [0.3, 0.4) is 0 Å². The molecule has 0 radical (unpaired) electrons. The minimum absolute atomic E-state index is 0.117. The monoisotopic (exact) mass is 447 g/mol. The summed E-state index contributed by atoms with van der Waals surface area (Å²) in [6.07, 6.45) is 5.85. The molecule has 1 atom stereocenters. The normalized spacial score (nSPS) is 16.4. The lowest BCUT2D eigenvalue weighted by molar-refractivity contribution is 0.108. The molecule has 0 amide bonds. The smallest absolute Gasteiger partial charge is 0.184 e. The van der Waals surface area contributed by atoms with E-state index in [4.69, 9.17) is 0 Å². The fraction of sp³-hybridized carbons (Fsp3) is 0.583. The van der Waals surface area contributed by atoms with Gasteiger partial charge in [-0.2, -0.15) is 4.52 Å². The van der Waals surface area contributed by atoms with Gasteiger partial charge in [0.1, 0.15) is 0 Å². The lowest BCUT2D eigenvalue weighted by atomic mass is 10.0. The lowest BCUT2D eigenvalue weighted by Gasteiger charge is -2.36. The van der Waals surface area contributed by atoms with Crippen LogP contribution in [0, 0.1) is 6.92 Å². The van der Waals surface area contributed by atoms with Crippen LogP contribution in [0.2, 0.25) is 0 Å². The highest BCUT2D eigenvalue weighted by Crippen LogP contribution is 2.35. The number of tetrazole rings is 2. The molecule has 3 aromatic heterocycles. The molecule has 3 heterocycles. The van der Waals surface area contributed by atoms with Gasteiger partial charge >= 0.3 is 0 Å². The van der Waals surface area contributed by atoms with Crippen molar-refractivity contribution in [3.63, 3.8) is 0 Å². The summed E-state index contributed by atoms with van der Waals surface area (Å²) >= 11 is 0. The number of fused-ring (bicyclic) bond motifs is 3. The van der Waals surface area contributed by atoms with E-state index in [2.05, 4.69) is 94.8 Å². The summed E-state index contributed by atoms with van der Waals surface area (Å²) in [5.41, 5.74) is 4.03. The minimum atomic E-state index is -0.182. The van der Waals surface area contributed by atoms with Crippen LogP contribution < -0.4 is 0 Å². The average Bonchev–Trinajstić information content (AvgIpc) is 3.54. The first kappa shape index (κ1) is 21.9. The van der Waals surface area contributed by atoms with Crippen LogP contribution in [-0.2, 0) is 12.1 Å². The topological polar surface area (TPSA) is 89.9 Å². The van der Waals surface area contributed by atoms with E-state index in [1.54, 1.807) is 0 Å². The second kappa shape index (κ2) is 8.44. The number of aryl methyl sites for hydroxylation is 1. The van der Waals surface area contributed by atoms with Crippen molar-refractivity contribution in [3.05, 3.63) is 41.2 Å². The molecule has 9 heteroatoms. The molecule has 1 fully saturated rings. The van der Waals surface area contributed by atoms with Crippen LogP contribution in [0.5, 0.6) is 0 Å². The molecule has 174 valence electrons. The van der Waals surface area contributed by atoms with Crippen LogP contribution in [0.25, 0.3) is 16.6 Å². The van der Waals surface area contributed by atoms with Crippen molar-refractivity contribution in [2.24, 2.45) is 0 Å². The Labute approximate surface area is 194 Å². The van der Waals surface area contributed by atoms with E-state index in [1.807, 2.05) is 9.20 Å². The van der Waals surface area contributed by atoms with Gasteiger partial charge in [-0.05, 0) is 86.0 Å². The van der Waals surface area contributed by atoms with Crippen LogP contribution in [0.15, 0.2) is 24.3 Å². The molecule has 1 aromatic carbocycles. The molecule has 0 N–H and O–H groups in total. The molecule has 0 saturated heterocycles. The second-order valence-corrected chi connectivity index (χ2v) is 10.3. The Hall–Kier alpha value is -2.94. The van der Waals surface area contributed by atoms with E-state index in [0.29, 0.717) is 6.04 Å². The van der Waals surface area contributed by atoms with E-state index in [9.17, 15) is 0 Å². The average molecular weight is 448 g/mol. The number of pyridine rings is 1. The predicted octanol–water partition coefficient (Wildman–Crippen LogP) is 4.22. The molecule has 1 saturated carbocycles. The van der Waals surface area contributed by atoms with E-state index in [0.717, 1.165) is 40.9 Å². The minimum Gasteiger partial charge on any atom is -0.286 e. The summed E-state index contributed by atoms with van der Waals surface area (Å²) in [6.45, 7) is 11.6. The lowest BCUT2D eigenvalue weighted by Crippen LogP contribution is -2.39. The standard InChI is InChI=1S/C24H33N9/c1-6-20(23-26-28-30-33(23)24(3,4)5)31(19-9-7-8-10-19)15-18-14-17-13-16(2)11-12-21(17)32-22(18)25-27-29-32/h11-14,19-20H,6-10,15H2,1-5H3/t20-/m1/s1. The van der Waals surface area contributed by atoms with Crippen LogP contribution in [0.1, 0.15) is 82.8 Å². The highest BCUT2D eigenvalue weighted by Gasteiger charge is 2.34. The zero-order valence-corrected chi connectivity index (χ0v) is 20.2. The van der Waals surface area contributed by atoms with Crippen molar-refractivity contribution in [1.82, 2.24) is 45.1 Å². The van der Waals surface area contributed by atoms with Crippen LogP contribution in [0.4, 0.5) is 0 Å². The Bertz CT molecular complexity index is 1260. The Morgan fingerprint density at radius 3 is 2.55 bits per heavy atom. The van der Waals surface area contributed by atoms with Crippen molar-refractivity contribution < 1.29 is 0 Å². The first-order valence-corrected chi connectivity index (χ1v) is 12.0. The van der Waals surface area contributed by atoms with Gasteiger partial charge in [0.05, 0.1) is 17.1 Å². The number of aromatic nitrogens is 8. The summed E-state index contributed by atoms with van der Waals surface area (Å²) in [5.74, 6) is 0.934. The van der Waals surface area contributed by atoms with E-state index < -0.39 is 0 Å². The number of hydrogen-bond donors (Lipinski definition) is 0. The molecule has 0 bridgehead atoms. The highest BCUT2D eigenvalue weighted by atomic mass is 15.6. The van der Waals surface area contributed by atoms with Crippen LogP contribution >= 0.6 is 0 Å². The van der Waals surface area contributed by atoms with Crippen LogP contribution in [-0.4, -0.2) is 51.2 Å². The van der Waals surface area contributed by atoms with Crippen molar-refractivity contribution in [2.45, 2.75) is 90.9 Å². The quantitative estimate of drug-likeness (QED) is 0.437. The maximum absolute atomic E-state index is 4.52. The molecule has 33 heavy (non-hydrogen) atoms. The summed E-state index contributed by atoms with van der Waals surface area (Å²) in [5, 5.41) is 26.8. The predicted molar refractivity (Wildman–Crippen MR) is 127 cm³/mol. The van der Waals surface area contributed by atoms with Gasteiger partial charge in [-0.1, -0.05) is 31.4 Å². The van der Waals surface area contributed by atoms with Gasteiger partial charge in [0, 0.05) is 23.5 Å². The van der Waals surface area contributed by atoms with Gasteiger partial charge in [0.25, 0.3) is 0 Å². The van der Waals surface area contributed by atoms with Gasteiger partial charge < -0.3 is 0 Å². The maximum atomic E-state index is 4.52. The maximum Gasteiger partial charge on any atom is 0.184 e. The van der Waals surface area contributed by atoms with Gasteiger partial charge in [-0.15, -0.1) is 10.2 Å². The first-order chi connectivity index (χ1) is 15.9. The van der Waals surface area contributed by atoms with Crippen molar-refractivity contribution in [3.8, 4) is 0 Å². The summed E-state index contributed by atoms with van der Waals surface area (Å²) < 4.78 is 3.86. The fourth-order valence-electron chi connectivity index (χ4n) is 5.27. The second-order valence-electron chi connectivity index (χ2n) is 10.3. The number of nitrogens with zero attached hydrogens (tertiary/aromatic N) is 9. The third-order valence-electron chi connectivity index (χ3n) is 6.86. The number of rotatable bonds is 6. The molecule has 9 nitrogen and oxygen atoms in total. The number of benzene rings is 1. The Balaban J connectivity index is 1.61. The highest BCUT2D eigenvalue weighted by molar-refractivity contribution is 5.83. The van der Waals surface area contributed by atoms with E-state index in [1.165, 1.54) is 31.2 Å². The largest absolute Gasteiger partial charge is 0.286 e. The van der Waals surface area contributed by atoms with Crippen molar-refractivity contribution in [1.29, 1.82) is 0 Å². The molecule has 4 aromatic rings. The van der Waals surface area contributed by atoms with Gasteiger partial charge in [-0.25, -0.2) is 4.68 Å². The third-order valence-corrected chi connectivity index (χ3v) is 6.86. The number of hydrogen-bond acceptors (Lipinski definition) is 7. The SMILES string of the molecule is CC[C@H](c1nnnn1C(C)(C)C)N(Cc1cc2cc(C)ccc2n2nnnc12)C1CCCC1. The Morgan fingerprint density at radius 1 is 1.06 bits per heavy atom. The zero-order chi connectivity index (χ0) is 23.2. The van der Waals surface area contributed by atoms with Gasteiger partial charge in [0.2, 0.25) is 0 Å². The summed E-state index contributed by atoms with van der Waals surface area (Å²) in [6, 6.07) is 9.27. The third kappa shape index (κ3) is 3.99. The molecule has 0 aliphatic heterocycles. The van der Waals surface area contributed by atoms with Crippen molar-refractivity contribution >= 4 is 16.6 Å². The van der Waals surface area contributed by atoms with E-state index in [-0.39, 0.29) is 11.6 Å². The molecule has 0 spiro atoms. The molecule has 1 aliphatic rings. The molecule has 1 aliphatic carbocycles. The zero-order valence-electron chi connectivity index (χ0n) is 20.2. The van der Waals surface area contributed by atoms with Gasteiger partial charge in [-0.3, -0.25) is 4.90 Å². The summed E-state index contributed by atoms with van der Waals surface area (Å²) in [4.78, 5) is 2.60. The molecule has 0 unspecified atom stereocenters. The molecular formula is C24H33N9. The first-order valence-electron chi connectivity index (χ1n) is 12.0. The Morgan fingerprint density at radius 2 is 1.82 bits per heavy atom. The summed E-state index contributed by atoms with van der Waals surface area (Å²) in [7, 11) is 0. The fourth-order valence-corrected chi connectivity index (χ4v) is 5.27. The Kier molecular flexibility index (Phi) is 5.60. The molecule has 5 rings (SSSR count). The van der Waals surface area contributed by atoms with Gasteiger partial charge in [0.15, 0.2) is 11.5 Å².